The Morgan fingerprint density at radius 3 is 2.63 bits per heavy atom. The molecule has 1 aromatic heterocycles. The standard InChI is InChI=1S/C42H52ClFN6O6Si/c1-5-55-33-12-14-36-29(22-33)23-35(45-17-6-7-19-51)40(53)50(36)32-10-8-9-28(21-32)25-49-37-13-11-30(43)24-34(37)42(41(49)54)27(2)39(57(3,4)44)38(56-42)15-18-48-26-31(16-20-52)46-47-48/h8-14,21-22,24,26-27,35,38-39,45,51-52H,5-7,15-20,23,25H2,1-4H3/t27-,35?,38+,39-,42+/m0/s1. The molecule has 4 heterocycles. The maximum Gasteiger partial charge on any atom is 0.264 e. The third-order valence-corrected chi connectivity index (χ3v) is 14.2. The van der Waals surface area contributed by atoms with Crippen molar-refractivity contribution in [2.75, 3.05) is 36.2 Å². The second-order valence-corrected chi connectivity index (χ2v) is 20.0. The zero-order valence-electron chi connectivity index (χ0n) is 33.0. The molecular weight excluding hydrogens is 767 g/mol. The van der Waals surface area contributed by atoms with Gasteiger partial charge in [-0.1, -0.05) is 35.9 Å². The number of aryl methyl sites for hydroxylation is 1. The van der Waals surface area contributed by atoms with Crippen LogP contribution in [-0.4, -0.2) is 83.9 Å². The molecule has 3 aliphatic rings. The average molecular weight is 819 g/mol. The number of fused-ring (bicyclic) bond motifs is 3. The van der Waals surface area contributed by atoms with Crippen molar-refractivity contribution in [2.45, 2.75) is 95.4 Å². The third-order valence-electron chi connectivity index (χ3n) is 11.5. The Kier molecular flexibility index (Phi) is 12.2. The molecule has 57 heavy (non-hydrogen) atoms. The summed E-state index contributed by atoms with van der Waals surface area (Å²) in [5.74, 6) is -0.134. The molecule has 4 aromatic rings. The van der Waals surface area contributed by atoms with Crippen molar-refractivity contribution < 1.29 is 33.4 Å². The molecule has 304 valence electrons. The van der Waals surface area contributed by atoms with E-state index in [2.05, 4.69) is 15.6 Å². The van der Waals surface area contributed by atoms with Crippen LogP contribution in [0.1, 0.15) is 55.5 Å². The van der Waals surface area contributed by atoms with Crippen LogP contribution >= 0.6 is 11.6 Å². The molecule has 2 amide bonds. The highest BCUT2D eigenvalue weighted by molar-refractivity contribution is 6.72. The number of carbonyl (C=O) groups is 2. The van der Waals surface area contributed by atoms with Gasteiger partial charge in [0.25, 0.3) is 5.91 Å². The highest BCUT2D eigenvalue weighted by Crippen LogP contribution is 2.60. The van der Waals surface area contributed by atoms with Crippen molar-refractivity contribution in [3.8, 4) is 5.75 Å². The molecule has 1 saturated heterocycles. The van der Waals surface area contributed by atoms with Gasteiger partial charge in [-0.05, 0) is 112 Å². The molecule has 5 atom stereocenters. The molecule has 0 saturated carbocycles. The smallest absolute Gasteiger partial charge is 0.264 e. The Bertz CT molecular complexity index is 2100. The summed E-state index contributed by atoms with van der Waals surface area (Å²) in [5, 5.41) is 30.8. The highest BCUT2D eigenvalue weighted by Gasteiger charge is 2.66. The first-order valence-electron chi connectivity index (χ1n) is 19.9. The molecule has 3 aromatic carbocycles. The number of aromatic nitrogens is 3. The summed E-state index contributed by atoms with van der Waals surface area (Å²) >= 11 is 6.62. The molecule has 1 fully saturated rings. The van der Waals surface area contributed by atoms with E-state index >= 15 is 8.90 Å². The fourth-order valence-electron chi connectivity index (χ4n) is 9.08. The molecule has 15 heteroatoms. The van der Waals surface area contributed by atoms with Crippen LogP contribution in [0.3, 0.4) is 0 Å². The maximum atomic E-state index is 16.4. The first-order valence-corrected chi connectivity index (χ1v) is 23.2. The van der Waals surface area contributed by atoms with Gasteiger partial charge in [0.05, 0.1) is 42.4 Å². The SMILES string of the molecule is CCOc1ccc2c(c1)CC(NCCCCO)C(=O)N2c1cccc(CN2C(=O)[C@]3(O[C@H](CCn4cc(CCO)nn4)[C@@H]([Si](C)(C)F)[C@@H]3C)c3cc(Cl)ccc32)c1. The van der Waals surface area contributed by atoms with E-state index in [1.165, 1.54) is 0 Å². The van der Waals surface area contributed by atoms with Gasteiger partial charge in [-0.25, -0.2) is 0 Å². The van der Waals surface area contributed by atoms with Gasteiger partial charge >= 0.3 is 0 Å². The predicted molar refractivity (Wildman–Crippen MR) is 219 cm³/mol. The van der Waals surface area contributed by atoms with E-state index in [0.717, 1.165) is 29.0 Å². The lowest BCUT2D eigenvalue weighted by Gasteiger charge is -2.35. The minimum absolute atomic E-state index is 0.0379. The molecule has 12 nitrogen and oxygen atoms in total. The minimum Gasteiger partial charge on any atom is -0.494 e. The van der Waals surface area contributed by atoms with Gasteiger partial charge < -0.3 is 34.0 Å². The number of aliphatic hydroxyl groups is 2. The number of nitrogens with zero attached hydrogens (tertiary/aromatic N) is 5. The monoisotopic (exact) mass is 818 g/mol. The van der Waals surface area contributed by atoms with Crippen LogP contribution in [0.4, 0.5) is 21.2 Å². The number of hydrogen-bond acceptors (Lipinski definition) is 9. The lowest BCUT2D eigenvalue weighted by atomic mass is 9.82. The molecule has 3 aliphatic heterocycles. The van der Waals surface area contributed by atoms with Crippen LogP contribution < -0.4 is 19.9 Å². The molecular formula is C42H52ClFN6O6Si. The van der Waals surface area contributed by atoms with Crippen LogP contribution in [0.15, 0.2) is 66.9 Å². The zero-order chi connectivity index (χ0) is 40.5. The second-order valence-electron chi connectivity index (χ2n) is 15.8. The fraction of sp³-hybridized carbons (Fsp3) is 0.476. The largest absolute Gasteiger partial charge is 0.494 e. The van der Waals surface area contributed by atoms with Gasteiger partial charge in [0.15, 0.2) is 5.60 Å². The summed E-state index contributed by atoms with van der Waals surface area (Å²) < 4.78 is 30.8. The number of rotatable bonds is 16. The van der Waals surface area contributed by atoms with E-state index < -0.39 is 37.6 Å². The Labute approximate surface area is 339 Å². The second kappa shape index (κ2) is 17.0. The first-order chi connectivity index (χ1) is 27.4. The van der Waals surface area contributed by atoms with Crippen LogP contribution in [0, 0.1) is 5.92 Å². The molecule has 1 spiro atoms. The first kappa shape index (κ1) is 41.0. The number of nitrogens with one attached hydrogen (secondary N) is 1. The van der Waals surface area contributed by atoms with E-state index in [1.54, 1.807) is 45.9 Å². The van der Waals surface area contributed by atoms with Crippen LogP contribution in [-0.2, 0) is 45.9 Å². The van der Waals surface area contributed by atoms with Gasteiger partial charge in [0.1, 0.15) is 5.75 Å². The molecule has 7 rings (SSSR count). The van der Waals surface area contributed by atoms with Crippen molar-refractivity contribution in [3.05, 3.63) is 94.3 Å². The summed E-state index contributed by atoms with van der Waals surface area (Å²) in [6, 6.07) is 18.3. The Morgan fingerprint density at radius 1 is 1.07 bits per heavy atom. The number of anilines is 3. The molecule has 0 radical (unpaired) electrons. The van der Waals surface area contributed by atoms with Crippen LogP contribution in [0.25, 0.3) is 0 Å². The summed E-state index contributed by atoms with van der Waals surface area (Å²) in [7, 11) is -3.41. The Balaban J connectivity index is 1.20. The third kappa shape index (κ3) is 8.00. The lowest BCUT2D eigenvalue weighted by molar-refractivity contribution is -0.146. The zero-order valence-corrected chi connectivity index (χ0v) is 34.7. The van der Waals surface area contributed by atoms with Gasteiger partial charge in [-0.2, -0.15) is 0 Å². The van der Waals surface area contributed by atoms with Crippen molar-refractivity contribution in [1.29, 1.82) is 0 Å². The van der Waals surface area contributed by atoms with Crippen molar-refractivity contribution in [1.82, 2.24) is 20.3 Å². The molecule has 1 unspecified atom stereocenters. The van der Waals surface area contributed by atoms with E-state index in [0.29, 0.717) is 73.0 Å². The fourth-order valence-corrected chi connectivity index (χ4v) is 11.8. The average Bonchev–Trinajstić information content (AvgIpc) is 3.82. The molecule has 0 bridgehead atoms. The number of hydrogen-bond donors (Lipinski definition) is 3. The van der Waals surface area contributed by atoms with Gasteiger partial charge in [-0.15, -0.1) is 5.10 Å². The van der Waals surface area contributed by atoms with Crippen LogP contribution in [0.5, 0.6) is 5.75 Å². The Morgan fingerprint density at radius 2 is 1.88 bits per heavy atom. The van der Waals surface area contributed by atoms with E-state index in [4.69, 9.17) is 21.1 Å². The molecule has 0 aliphatic carbocycles. The topological polar surface area (TPSA) is 142 Å². The quantitative estimate of drug-likeness (QED) is 0.0682. The van der Waals surface area contributed by atoms with Gasteiger partial charge in [0, 0.05) is 60.1 Å². The molecule has 3 N–H and O–H groups in total. The Hall–Kier alpha value is -4.18. The highest BCUT2D eigenvalue weighted by atomic mass is 35.5. The predicted octanol–water partition coefficient (Wildman–Crippen LogP) is 6.23. The van der Waals surface area contributed by atoms with Crippen molar-refractivity contribution in [2.24, 2.45) is 5.92 Å². The number of unbranched alkanes of at least 4 members (excludes halogenated alkanes) is 1. The normalized spacial score (nSPS) is 23.1. The number of amides is 2. The summed E-state index contributed by atoms with van der Waals surface area (Å²) in [5.41, 5.74) is 3.17. The van der Waals surface area contributed by atoms with Crippen molar-refractivity contribution in [3.63, 3.8) is 0 Å². The van der Waals surface area contributed by atoms with Crippen LogP contribution in [0.2, 0.25) is 23.7 Å². The van der Waals surface area contributed by atoms with E-state index in [9.17, 15) is 15.0 Å². The number of ether oxygens (including phenoxy) is 2. The van der Waals surface area contributed by atoms with E-state index in [-0.39, 0.29) is 31.6 Å². The number of carbonyl (C=O) groups excluding carboxylic acids is 2. The summed E-state index contributed by atoms with van der Waals surface area (Å²) in [6.45, 7) is 8.95. The summed E-state index contributed by atoms with van der Waals surface area (Å²) in [6.07, 6.45) is 3.88. The summed E-state index contributed by atoms with van der Waals surface area (Å²) in [4.78, 5) is 32.7. The van der Waals surface area contributed by atoms with Gasteiger partial charge in [0.2, 0.25) is 14.3 Å². The van der Waals surface area contributed by atoms with Crippen molar-refractivity contribution >= 4 is 48.9 Å². The maximum absolute atomic E-state index is 16.4. The van der Waals surface area contributed by atoms with Gasteiger partial charge in [-0.3, -0.25) is 19.2 Å². The number of halogens is 2. The van der Waals surface area contributed by atoms with E-state index in [1.807, 2.05) is 62.4 Å². The number of benzene rings is 3. The minimum atomic E-state index is -3.41. The number of aliphatic hydroxyl groups excluding tert-OH is 2. The lowest BCUT2D eigenvalue weighted by Crippen LogP contribution is -2.49.